The molecular formula is C35H35FN10O4S. The monoisotopic (exact) mass is 710 g/mol. The van der Waals surface area contributed by atoms with E-state index in [1.165, 1.54) is 23.5 Å². The summed E-state index contributed by atoms with van der Waals surface area (Å²) in [6.07, 6.45) is 5.53. The normalized spacial score (nSPS) is 17.9. The molecule has 0 aliphatic carbocycles. The first kappa shape index (κ1) is 33.8. The molecule has 0 unspecified atom stereocenters. The van der Waals surface area contributed by atoms with E-state index >= 15 is 0 Å². The number of piperidine rings is 1. The van der Waals surface area contributed by atoms with Crippen LogP contribution in [0.4, 0.5) is 26.1 Å². The number of nitrogens with one attached hydrogen (secondary N) is 1. The number of β-amino-alcohol motifs (C(OH)–C–C–N with tert-alkyl or cyclic N) is 1. The predicted molar refractivity (Wildman–Crippen MR) is 188 cm³/mol. The van der Waals surface area contributed by atoms with Crippen LogP contribution in [0.1, 0.15) is 36.8 Å². The van der Waals surface area contributed by atoms with Crippen molar-refractivity contribution in [1.82, 2.24) is 34.6 Å². The lowest BCUT2D eigenvalue weighted by molar-refractivity contribution is -0.125. The molecule has 0 saturated carbocycles. The molecular weight excluding hydrogens is 676 g/mol. The van der Waals surface area contributed by atoms with Gasteiger partial charge in [0.25, 0.3) is 0 Å². The standard InChI is InChI=1S/C35H35FN10O4S/c1-3-26-32(43(2)34-42-30(28(15-37)51-34)20-4-7-23(36)8-5-20)46-18-21(6-9-29(46)41-26)22-16-38-33(39-17-22)44-12-10-24(11-13-44)40-31(48)27-14-25(47)19-45(27)35(49)50/h4-9,16-18,24-25,27,47H,3,10-14,19H2,1-2H3,(H,40,48)(H,49,50)/t25-,27-/m0/s1. The molecule has 16 heteroatoms. The highest BCUT2D eigenvalue weighted by atomic mass is 32.1. The molecule has 3 N–H and O–H groups in total. The Hall–Kier alpha value is -5.66. The predicted octanol–water partition coefficient (Wildman–Crippen LogP) is 4.45. The second-order valence-corrected chi connectivity index (χ2v) is 13.6. The first-order chi connectivity index (χ1) is 24.6. The van der Waals surface area contributed by atoms with Crippen molar-refractivity contribution in [3.8, 4) is 28.5 Å². The minimum absolute atomic E-state index is 0.0646. The fourth-order valence-corrected chi connectivity index (χ4v) is 7.54. The molecule has 262 valence electrons. The molecule has 2 saturated heterocycles. The summed E-state index contributed by atoms with van der Waals surface area (Å²) >= 11 is 1.26. The van der Waals surface area contributed by atoms with Crippen LogP contribution in [0.15, 0.2) is 55.0 Å². The van der Waals surface area contributed by atoms with Crippen LogP contribution in [0, 0.1) is 17.1 Å². The van der Waals surface area contributed by atoms with Crippen LogP contribution in [-0.4, -0.2) is 96.3 Å². The van der Waals surface area contributed by atoms with Crippen LogP contribution in [0.5, 0.6) is 0 Å². The third-order valence-electron chi connectivity index (χ3n) is 9.36. The number of halogens is 1. The zero-order chi connectivity index (χ0) is 35.8. The average molecular weight is 711 g/mol. The topological polar surface area (TPSA) is 176 Å². The molecule has 7 rings (SSSR count). The maximum atomic E-state index is 13.6. The van der Waals surface area contributed by atoms with Gasteiger partial charge in [0.05, 0.1) is 18.3 Å². The smallest absolute Gasteiger partial charge is 0.408 e. The third kappa shape index (κ3) is 6.65. The first-order valence-electron chi connectivity index (χ1n) is 16.6. The quantitative estimate of drug-likeness (QED) is 0.207. The highest BCUT2D eigenvalue weighted by Crippen LogP contribution is 2.37. The summed E-state index contributed by atoms with van der Waals surface area (Å²) < 4.78 is 15.6. The van der Waals surface area contributed by atoms with E-state index < -0.39 is 18.2 Å². The zero-order valence-corrected chi connectivity index (χ0v) is 28.7. The van der Waals surface area contributed by atoms with Gasteiger partial charge in [-0.2, -0.15) is 5.26 Å². The van der Waals surface area contributed by atoms with Crippen LogP contribution < -0.4 is 15.1 Å². The van der Waals surface area contributed by atoms with E-state index in [9.17, 15) is 29.5 Å². The van der Waals surface area contributed by atoms with E-state index in [4.69, 9.17) is 9.97 Å². The number of carbonyl (C=O) groups excluding carboxylic acids is 1. The number of nitriles is 1. The van der Waals surface area contributed by atoms with Crippen molar-refractivity contribution < 1.29 is 24.2 Å². The van der Waals surface area contributed by atoms with Gasteiger partial charge in [-0.25, -0.2) is 29.1 Å². The van der Waals surface area contributed by atoms with Crippen LogP contribution in [0.3, 0.4) is 0 Å². The van der Waals surface area contributed by atoms with E-state index in [1.54, 1.807) is 24.5 Å². The minimum Gasteiger partial charge on any atom is -0.465 e. The molecule has 2 amide bonds. The van der Waals surface area contributed by atoms with E-state index in [2.05, 4.69) is 26.3 Å². The molecule has 4 aromatic heterocycles. The molecule has 2 aliphatic rings. The Labute approximate surface area is 296 Å². The Morgan fingerprint density at radius 2 is 1.78 bits per heavy atom. The number of aryl methyl sites for hydroxylation is 1. The van der Waals surface area contributed by atoms with E-state index in [0.717, 1.165) is 33.2 Å². The van der Waals surface area contributed by atoms with Crippen LogP contribution in [-0.2, 0) is 11.2 Å². The maximum Gasteiger partial charge on any atom is 0.408 e. The van der Waals surface area contributed by atoms with Gasteiger partial charge in [-0.3, -0.25) is 14.1 Å². The van der Waals surface area contributed by atoms with Gasteiger partial charge in [-0.15, -0.1) is 0 Å². The molecule has 2 atom stereocenters. The number of aromatic nitrogens is 5. The number of benzene rings is 1. The Bertz CT molecular complexity index is 2120. The summed E-state index contributed by atoms with van der Waals surface area (Å²) in [5.74, 6) is 0.648. The van der Waals surface area contributed by atoms with Gasteiger partial charge in [-0.05, 0) is 55.7 Å². The Kier molecular flexibility index (Phi) is 9.23. The molecule has 2 aliphatic heterocycles. The van der Waals surface area contributed by atoms with Crippen LogP contribution in [0.25, 0.3) is 28.0 Å². The Morgan fingerprint density at radius 3 is 2.45 bits per heavy atom. The number of thiazole rings is 1. The number of imidazole rings is 1. The number of likely N-dealkylation sites (tertiary alicyclic amines) is 1. The number of nitrogens with zero attached hydrogens (tertiary/aromatic N) is 9. The number of rotatable bonds is 8. The molecule has 6 heterocycles. The highest BCUT2D eigenvalue weighted by Gasteiger charge is 2.40. The fraction of sp³-hybridized carbons (Fsp3) is 0.343. The number of hydrogen-bond donors (Lipinski definition) is 3. The number of carboxylic acid groups (broad SMARTS) is 1. The van der Waals surface area contributed by atoms with Crippen LogP contribution >= 0.6 is 11.3 Å². The number of hydrogen-bond acceptors (Lipinski definition) is 11. The number of carbonyl (C=O) groups is 2. The molecule has 51 heavy (non-hydrogen) atoms. The number of fused-ring (bicyclic) bond motifs is 1. The van der Waals surface area contributed by atoms with Crippen molar-refractivity contribution >= 4 is 45.9 Å². The Balaban J connectivity index is 1.06. The van der Waals surface area contributed by atoms with Gasteiger partial charge in [0.2, 0.25) is 11.9 Å². The second kappa shape index (κ2) is 13.9. The number of anilines is 3. The largest absolute Gasteiger partial charge is 0.465 e. The molecule has 5 aromatic rings. The first-order valence-corrected chi connectivity index (χ1v) is 17.4. The van der Waals surface area contributed by atoms with E-state index in [1.807, 2.05) is 41.6 Å². The van der Waals surface area contributed by atoms with Crippen molar-refractivity contribution in [2.75, 3.05) is 36.5 Å². The average Bonchev–Trinajstić information content (AvgIpc) is 3.87. The molecule has 14 nitrogen and oxygen atoms in total. The summed E-state index contributed by atoms with van der Waals surface area (Å²) in [4.78, 5) is 48.7. The number of aliphatic hydroxyl groups excluding tert-OH is 1. The lowest BCUT2D eigenvalue weighted by Gasteiger charge is -2.33. The number of amides is 2. The number of aliphatic hydroxyl groups is 1. The molecule has 0 radical (unpaired) electrons. The third-order valence-corrected chi connectivity index (χ3v) is 10.4. The van der Waals surface area contributed by atoms with Gasteiger partial charge < -0.3 is 25.3 Å². The van der Waals surface area contributed by atoms with Gasteiger partial charge >= 0.3 is 6.09 Å². The summed E-state index contributed by atoms with van der Waals surface area (Å²) in [5.41, 5.74) is 4.46. The van der Waals surface area contributed by atoms with E-state index in [0.29, 0.717) is 59.6 Å². The highest BCUT2D eigenvalue weighted by molar-refractivity contribution is 7.16. The minimum atomic E-state index is -1.21. The van der Waals surface area contributed by atoms with Crippen molar-refractivity contribution in [3.05, 3.63) is 71.4 Å². The van der Waals surface area contributed by atoms with Gasteiger partial charge in [0, 0.05) is 67.9 Å². The van der Waals surface area contributed by atoms with E-state index in [-0.39, 0.29) is 30.7 Å². The molecule has 0 bridgehead atoms. The van der Waals surface area contributed by atoms with Crippen molar-refractivity contribution in [2.45, 2.75) is 50.8 Å². The Morgan fingerprint density at radius 1 is 1.08 bits per heavy atom. The van der Waals surface area contributed by atoms with Gasteiger partial charge in [0.15, 0.2) is 5.13 Å². The molecule has 0 spiro atoms. The summed E-state index contributed by atoms with van der Waals surface area (Å²) in [6.45, 7) is 3.20. The van der Waals surface area contributed by atoms with Gasteiger partial charge in [-0.1, -0.05) is 18.3 Å². The van der Waals surface area contributed by atoms with Crippen molar-refractivity contribution in [3.63, 3.8) is 0 Å². The van der Waals surface area contributed by atoms with Crippen molar-refractivity contribution in [1.29, 1.82) is 5.26 Å². The lowest BCUT2D eigenvalue weighted by Crippen LogP contribution is -2.51. The van der Waals surface area contributed by atoms with Crippen molar-refractivity contribution in [2.24, 2.45) is 0 Å². The zero-order valence-electron chi connectivity index (χ0n) is 27.9. The fourth-order valence-electron chi connectivity index (χ4n) is 6.69. The van der Waals surface area contributed by atoms with Crippen LogP contribution in [0.2, 0.25) is 0 Å². The lowest BCUT2D eigenvalue weighted by atomic mass is 10.0. The second-order valence-electron chi connectivity index (χ2n) is 12.6. The SMILES string of the molecule is CCc1nc2ccc(-c3cnc(N4CCC(NC(=O)[C@@H]5C[C@H](O)CN5C(=O)O)CC4)nc3)cn2c1N(C)c1nc(-c2ccc(F)cc2)c(C#N)s1. The number of pyridine rings is 1. The summed E-state index contributed by atoms with van der Waals surface area (Å²) in [7, 11) is 1.89. The summed E-state index contributed by atoms with van der Waals surface area (Å²) in [6, 6.07) is 11.1. The van der Waals surface area contributed by atoms with Gasteiger partial charge in [0.1, 0.15) is 40.0 Å². The molecule has 2 fully saturated rings. The summed E-state index contributed by atoms with van der Waals surface area (Å²) in [5, 5.41) is 32.7. The maximum absolute atomic E-state index is 13.6. The molecule has 1 aromatic carbocycles.